The van der Waals surface area contributed by atoms with Crippen LogP contribution in [0.5, 0.6) is 0 Å². The van der Waals surface area contributed by atoms with E-state index in [0.717, 1.165) is 0 Å². The van der Waals surface area contributed by atoms with Gasteiger partial charge in [-0.2, -0.15) is 0 Å². The largest absolute Gasteiger partial charge is 0.455 e. The Hall–Kier alpha value is -6.18. The van der Waals surface area contributed by atoms with Gasteiger partial charge in [0.15, 0.2) is 0 Å². The fourth-order valence-electron chi connectivity index (χ4n) is 5.77. The van der Waals surface area contributed by atoms with Crippen molar-refractivity contribution in [3.8, 4) is 55.8 Å². The van der Waals surface area contributed by atoms with E-state index in [1.54, 1.807) is 60.7 Å². The lowest BCUT2D eigenvalue weighted by Crippen LogP contribution is -1.91. The van der Waals surface area contributed by atoms with E-state index in [0.29, 0.717) is 5.56 Å². The number of fused-ring (bicyclic) bond motifs is 3. The molecule has 0 radical (unpaired) electrons. The van der Waals surface area contributed by atoms with Gasteiger partial charge in [0, 0.05) is 22.1 Å². The SMILES string of the molecule is [2H]c1c([2H])c([2H])c(-c2c([2H])c([2H])c3c(-c4c5c([2H])c([2H])c([2H])c([2H])c5c(-c5ccccc5)c5c([2H])c([2H])c([2H])c([2H])c45)c(-c4c([2H])c([2H])c(-c5ccccc5)c([2H])c4[2H])oc3c2[2H])c([2H])c1[2H]. The summed E-state index contributed by atoms with van der Waals surface area (Å²) in [6.07, 6.45) is 0. The summed E-state index contributed by atoms with van der Waals surface area (Å²) in [4.78, 5) is 0. The average Bonchev–Trinajstić information content (AvgIpc) is 3.72. The van der Waals surface area contributed by atoms with Gasteiger partial charge in [-0.05, 0) is 67.0 Å². The van der Waals surface area contributed by atoms with E-state index in [2.05, 4.69) is 0 Å². The highest BCUT2D eigenvalue weighted by Crippen LogP contribution is 2.50. The molecule has 1 heterocycles. The van der Waals surface area contributed by atoms with Crippen molar-refractivity contribution in [3.05, 3.63) is 182 Å². The normalized spacial score (nSPS) is 17.4. The van der Waals surface area contributed by atoms with Crippen LogP contribution in [0, 0.1) is 0 Å². The summed E-state index contributed by atoms with van der Waals surface area (Å²) in [5.41, 5.74) is -3.09. The monoisotopic (exact) mass is 618 g/mol. The van der Waals surface area contributed by atoms with Crippen LogP contribution in [0.1, 0.15) is 27.4 Å². The lowest BCUT2D eigenvalue weighted by atomic mass is 9.84. The van der Waals surface area contributed by atoms with Crippen LogP contribution in [-0.2, 0) is 0 Å². The molecule has 0 saturated heterocycles. The van der Waals surface area contributed by atoms with Crippen LogP contribution in [0.2, 0.25) is 0 Å². The van der Waals surface area contributed by atoms with E-state index in [-0.39, 0.29) is 27.5 Å². The topological polar surface area (TPSA) is 13.1 Å². The van der Waals surface area contributed by atoms with Crippen molar-refractivity contribution in [2.75, 3.05) is 0 Å². The van der Waals surface area contributed by atoms with Gasteiger partial charge in [0.2, 0.25) is 0 Å². The Morgan fingerprint density at radius 3 is 1.45 bits per heavy atom. The third-order valence-electron chi connectivity index (χ3n) is 7.81. The van der Waals surface area contributed by atoms with E-state index in [9.17, 15) is 15.1 Å². The third-order valence-corrected chi connectivity index (χ3v) is 7.81. The smallest absolute Gasteiger partial charge is 0.143 e. The van der Waals surface area contributed by atoms with Crippen molar-refractivity contribution in [2.45, 2.75) is 0 Å². The first kappa shape index (κ1) is 13.7. The lowest BCUT2D eigenvalue weighted by Gasteiger charge is -2.18. The molecule has 0 fully saturated rings. The fourth-order valence-corrected chi connectivity index (χ4v) is 5.77. The van der Waals surface area contributed by atoms with Gasteiger partial charge in [-0.3, -0.25) is 0 Å². The zero-order valence-electron chi connectivity index (χ0n) is 44.2. The van der Waals surface area contributed by atoms with Gasteiger partial charge < -0.3 is 4.42 Å². The lowest BCUT2D eigenvalue weighted by molar-refractivity contribution is 0.632. The summed E-state index contributed by atoms with van der Waals surface area (Å²) in [5.74, 6) is -0.666. The second-order valence-electron chi connectivity index (χ2n) is 10.5. The molecule has 0 atom stereocenters. The van der Waals surface area contributed by atoms with E-state index in [4.69, 9.17) is 16.8 Å². The number of rotatable bonds is 5. The summed E-state index contributed by atoms with van der Waals surface area (Å²) < 4.78 is 188. The Morgan fingerprint density at radius 1 is 0.340 bits per heavy atom. The van der Waals surface area contributed by atoms with Gasteiger partial charge in [-0.15, -0.1) is 0 Å². The van der Waals surface area contributed by atoms with Crippen LogP contribution < -0.4 is 0 Å². The zero-order valence-corrected chi connectivity index (χ0v) is 24.2. The Bertz CT molecular complexity index is 3540. The molecule has 9 rings (SSSR count). The van der Waals surface area contributed by atoms with Crippen molar-refractivity contribution in [1.82, 2.24) is 0 Å². The van der Waals surface area contributed by atoms with Gasteiger partial charge >= 0.3 is 0 Å². The van der Waals surface area contributed by atoms with E-state index < -0.39 is 176 Å². The number of benzene rings is 8. The van der Waals surface area contributed by atoms with E-state index >= 15 is 0 Å². The first-order valence-corrected chi connectivity index (χ1v) is 14.5. The molecule has 47 heavy (non-hydrogen) atoms. The quantitative estimate of drug-likeness (QED) is 0.175. The number of hydrogen-bond donors (Lipinski definition) is 0. The Morgan fingerprint density at radius 2 is 0.830 bits per heavy atom. The maximum absolute atomic E-state index is 9.65. The molecule has 0 spiro atoms. The van der Waals surface area contributed by atoms with Crippen LogP contribution in [0.15, 0.2) is 186 Å². The van der Waals surface area contributed by atoms with Gasteiger partial charge in [0.1, 0.15) is 11.3 Å². The number of furan rings is 1. The van der Waals surface area contributed by atoms with Gasteiger partial charge in [0.25, 0.3) is 0 Å². The van der Waals surface area contributed by atoms with Crippen molar-refractivity contribution in [1.29, 1.82) is 0 Å². The fraction of sp³-hybridized carbons (Fsp3) is 0. The Labute approximate surface area is 302 Å². The molecular weight excluding hydrogens is 569 g/mol. The van der Waals surface area contributed by atoms with Crippen LogP contribution in [0.4, 0.5) is 0 Å². The molecule has 8 aromatic carbocycles. The second kappa shape index (κ2) is 11.3. The van der Waals surface area contributed by atoms with Gasteiger partial charge in [0.05, 0.1) is 27.4 Å². The summed E-state index contributed by atoms with van der Waals surface area (Å²) in [5, 5.41) is -1.84. The minimum Gasteiger partial charge on any atom is -0.455 e. The maximum Gasteiger partial charge on any atom is 0.143 e. The first-order valence-electron chi connectivity index (χ1n) is 24.5. The summed E-state index contributed by atoms with van der Waals surface area (Å²) >= 11 is 0. The average molecular weight is 619 g/mol. The molecule has 0 aliphatic heterocycles. The standard InChI is InChI=1S/C46H30O/c1-4-14-31(15-5-1)33-24-26-35(27-25-33)46-45(41-29-28-36(30-42(41)47-46)32-16-6-2-7-17-32)44-39-22-12-10-20-37(39)43(34-18-8-3-9-19-34)38-21-11-13-23-40(38)44/h1-30H/i2D,6D,7D,10D,11D,12D,13D,16D,17D,20D,21D,22D,23D,24D,25D,26D,27D,28D,29D,30D. The first-order chi connectivity index (χ1) is 31.7. The van der Waals surface area contributed by atoms with Crippen molar-refractivity contribution >= 4 is 32.5 Å². The van der Waals surface area contributed by atoms with E-state index in [1.807, 2.05) is 0 Å². The molecule has 220 valence electrons. The second-order valence-corrected chi connectivity index (χ2v) is 10.5. The zero-order chi connectivity index (χ0) is 48.6. The molecule has 0 amide bonds. The summed E-state index contributed by atoms with van der Waals surface area (Å²) in [6, 6.07) is 1.09. The molecule has 0 aliphatic rings. The molecule has 0 unspecified atom stereocenters. The minimum absolute atomic E-state index is 0.0314. The summed E-state index contributed by atoms with van der Waals surface area (Å²) in [7, 11) is 0. The molecule has 0 bridgehead atoms. The molecule has 1 aromatic heterocycles. The van der Waals surface area contributed by atoms with Crippen LogP contribution >= 0.6 is 0 Å². The third kappa shape index (κ3) is 4.64. The molecule has 0 aliphatic carbocycles. The van der Waals surface area contributed by atoms with Crippen LogP contribution in [0.25, 0.3) is 88.3 Å². The molecular formula is C46H30O. The highest BCUT2D eigenvalue weighted by atomic mass is 16.3. The van der Waals surface area contributed by atoms with Crippen LogP contribution in [-0.4, -0.2) is 0 Å². The van der Waals surface area contributed by atoms with Crippen LogP contribution in [0.3, 0.4) is 0 Å². The highest BCUT2D eigenvalue weighted by molar-refractivity contribution is 6.25. The van der Waals surface area contributed by atoms with Crippen molar-refractivity contribution in [2.24, 2.45) is 0 Å². The molecule has 1 nitrogen and oxygen atoms in total. The maximum atomic E-state index is 9.65. The van der Waals surface area contributed by atoms with Crippen molar-refractivity contribution < 1.29 is 31.8 Å². The number of hydrogen-bond acceptors (Lipinski definition) is 1. The van der Waals surface area contributed by atoms with Crippen molar-refractivity contribution in [3.63, 3.8) is 0 Å². The molecule has 0 N–H and O–H groups in total. The Kier molecular flexibility index (Phi) is 3.29. The van der Waals surface area contributed by atoms with Gasteiger partial charge in [-0.1, -0.05) is 169 Å². The minimum atomic E-state index is -0.887. The predicted molar refractivity (Wildman–Crippen MR) is 198 cm³/mol. The van der Waals surface area contributed by atoms with Gasteiger partial charge in [-0.25, -0.2) is 0 Å². The predicted octanol–water partition coefficient (Wildman–Crippen LogP) is 13.1. The molecule has 1 heteroatoms. The summed E-state index contributed by atoms with van der Waals surface area (Å²) in [6.45, 7) is 0. The molecule has 0 saturated carbocycles. The molecule has 9 aromatic rings. The highest BCUT2D eigenvalue weighted by Gasteiger charge is 2.24. The van der Waals surface area contributed by atoms with E-state index in [1.165, 1.54) is 0 Å². The Balaban J connectivity index is 1.62.